The molecule has 0 bridgehead atoms. The number of hydrogen-bond acceptors (Lipinski definition) is 6. The van der Waals surface area contributed by atoms with E-state index in [-0.39, 0.29) is 23.5 Å². The van der Waals surface area contributed by atoms with E-state index in [2.05, 4.69) is 24.7 Å². The zero-order chi connectivity index (χ0) is 16.4. The van der Waals surface area contributed by atoms with E-state index in [4.69, 9.17) is 4.74 Å². The van der Waals surface area contributed by atoms with Crippen molar-refractivity contribution in [1.82, 2.24) is 19.9 Å². The van der Waals surface area contributed by atoms with Crippen LogP contribution in [0.25, 0.3) is 11.4 Å². The molecule has 2 aromatic heterocycles. The van der Waals surface area contributed by atoms with Gasteiger partial charge in [-0.15, -0.1) is 0 Å². The lowest BCUT2D eigenvalue weighted by Crippen LogP contribution is -2.19. The number of rotatable bonds is 5. The molecule has 0 saturated heterocycles. The minimum Gasteiger partial charge on any atom is -0.480 e. The van der Waals surface area contributed by atoms with Crippen LogP contribution in [0.4, 0.5) is 13.2 Å². The zero-order valence-electron chi connectivity index (χ0n) is 12.2. The number of hydrogen-bond donors (Lipinski definition) is 0. The molecule has 1 aliphatic carbocycles. The number of halogens is 3. The van der Waals surface area contributed by atoms with Crippen molar-refractivity contribution in [2.24, 2.45) is 0 Å². The molecule has 0 radical (unpaired) electrons. The van der Waals surface area contributed by atoms with Gasteiger partial charge < -0.3 is 9.47 Å². The second-order valence-electron chi connectivity index (χ2n) is 5.04. The summed E-state index contributed by atoms with van der Waals surface area (Å²) in [4.78, 5) is 16.4. The average Bonchev–Trinajstić information content (AvgIpc) is 3.36. The first-order valence-corrected chi connectivity index (χ1v) is 6.90. The summed E-state index contributed by atoms with van der Waals surface area (Å²) in [7, 11) is 1.45. The molecule has 1 saturated carbocycles. The Labute approximate surface area is 129 Å². The number of ether oxygens (including phenoxy) is 2. The Morgan fingerprint density at radius 1 is 1.22 bits per heavy atom. The summed E-state index contributed by atoms with van der Waals surface area (Å²) in [6, 6.07) is 1.27. The highest BCUT2D eigenvalue weighted by atomic mass is 19.4. The number of nitrogens with zero attached hydrogens (tertiary/aromatic N) is 4. The van der Waals surface area contributed by atoms with Crippen molar-refractivity contribution in [2.45, 2.75) is 24.9 Å². The van der Waals surface area contributed by atoms with Crippen molar-refractivity contribution in [3.05, 3.63) is 24.3 Å². The van der Waals surface area contributed by atoms with Crippen LogP contribution in [0.2, 0.25) is 0 Å². The summed E-state index contributed by atoms with van der Waals surface area (Å²) in [6.07, 6.45) is 0.254. The van der Waals surface area contributed by atoms with E-state index in [0.29, 0.717) is 5.56 Å². The van der Waals surface area contributed by atoms with Crippen molar-refractivity contribution in [2.75, 3.05) is 13.7 Å². The molecule has 0 atom stereocenters. The molecule has 2 heterocycles. The van der Waals surface area contributed by atoms with Gasteiger partial charge in [0.2, 0.25) is 11.8 Å². The van der Waals surface area contributed by atoms with Crippen LogP contribution >= 0.6 is 0 Å². The highest BCUT2D eigenvalue weighted by Gasteiger charge is 2.32. The van der Waals surface area contributed by atoms with Crippen LogP contribution in [-0.4, -0.2) is 39.8 Å². The predicted octanol–water partition coefficient (Wildman–Crippen LogP) is 2.76. The normalized spacial score (nSPS) is 14.6. The molecular formula is C14H13F3N4O2. The molecule has 0 unspecified atom stereocenters. The zero-order valence-corrected chi connectivity index (χ0v) is 12.2. The fraction of sp³-hybridized carbons (Fsp3) is 0.429. The highest BCUT2D eigenvalue weighted by molar-refractivity contribution is 5.66. The monoisotopic (exact) mass is 326 g/mol. The first kappa shape index (κ1) is 15.4. The maximum Gasteiger partial charge on any atom is 0.422 e. The molecule has 0 aliphatic heterocycles. The largest absolute Gasteiger partial charge is 0.480 e. The van der Waals surface area contributed by atoms with E-state index in [1.165, 1.54) is 25.7 Å². The number of methoxy groups -OCH3 is 1. The van der Waals surface area contributed by atoms with Crippen LogP contribution in [-0.2, 0) is 0 Å². The van der Waals surface area contributed by atoms with Crippen molar-refractivity contribution < 1.29 is 22.6 Å². The lowest BCUT2D eigenvalue weighted by Gasteiger charge is -2.12. The van der Waals surface area contributed by atoms with Crippen LogP contribution in [0.3, 0.4) is 0 Å². The molecule has 9 heteroatoms. The summed E-state index contributed by atoms with van der Waals surface area (Å²) < 4.78 is 46.6. The molecule has 0 amide bonds. The molecule has 1 aliphatic rings. The standard InChI is InChI=1S/C14H13F3N4O2/c1-22-13-10(11(8-2-3-8)19-7-20-13)12-18-5-4-9(21-12)23-6-14(15,16)17/h4-5,7-8H,2-3,6H2,1H3. The molecule has 0 aromatic carbocycles. The van der Waals surface area contributed by atoms with Gasteiger partial charge in [-0.1, -0.05) is 0 Å². The summed E-state index contributed by atoms with van der Waals surface area (Å²) in [5.74, 6) is 0.573. The first-order chi connectivity index (χ1) is 11.0. The quantitative estimate of drug-likeness (QED) is 0.841. The van der Waals surface area contributed by atoms with Crippen LogP contribution < -0.4 is 9.47 Å². The predicted molar refractivity (Wildman–Crippen MR) is 73.1 cm³/mol. The molecule has 0 spiro atoms. The van der Waals surface area contributed by atoms with E-state index in [0.717, 1.165) is 18.5 Å². The maximum atomic E-state index is 12.3. The molecule has 0 N–H and O–H groups in total. The SMILES string of the molecule is COc1ncnc(C2CC2)c1-c1nccc(OCC(F)(F)F)n1. The van der Waals surface area contributed by atoms with Crippen LogP contribution in [0.5, 0.6) is 11.8 Å². The second kappa shape index (κ2) is 5.98. The third kappa shape index (κ3) is 3.66. The maximum absolute atomic E-state index is 12.3. The van der Waals surface area contributed by atoms with Gasteiger partial charge in [0.25, 0.3) is 0 Å². The fourth-order valence-electron chi connectivity index (χ4n) is 2.11. The highest BCUT2D eigenvalue weighted by Crippen LogP contribution is 2.44. The summed E-state index contributed by atoms with van der Waals surface area (Å²) >= 11 is 0. The molecule has 122 valence electrons. The molecule has 6 nitrogen and oxygen atoms in total. The average molecular weight is 326 g/mol. The Kier molecular flexibility index (Phi) is 4.01. The Bertz CT molecular complexity index is 705. The second-order valence-corrected chi connectivity index (χ2v) is 5.04. The van der Waals surface area contributed by atoms with Crippen molar-refractivity contribution >= 4 is 0 Å². The van der Waals surface area contributed by atoms with Gasteiger partial charge in [0.15, 0.2) is 12.4 Å². The minimum atomic E-state index is -4.43. The van der Waals surface area contributed by atoms with Crippen LogP contribution in [0, 0.1) is 0 Å². The van der Waals surface area contributed by atoms with Gasteiger partial charge in [0, 0.05) is 18.2 Å². The first-order valence-electron chi connectivity index (χ1n) is 6.90. The third-order valence-corrected chi connectivity index (χ3v) is 3.24. The van der Waals surface area contributed by atoms with Gasteiger partial charge in [0.1, 0.15) is 11.9 Å². The van der Waals surface area contributed by atoms with E-state index in [1.807, 2.05) is 0 Å². The topological polar surface area (TPSA) is 70.0 Å². The number of alkyl halides is 3. The lowest BCUT2D eigenvalue weighted by molar-refractivity contribution is -0.154. The number of aromatic nitrogens is 4. The molecular weight excluding hydrogens is 313 g/mol. The summed E-state index contributed by atoms with van der Waals surface area (Å²) in [5.41, 5.74) is 1.24. The van der Waals surface area contributed by atoms with Gasteiger partial charge >= 0.3 is 6.18 Å². The Hall–Kier alpha value is -2.45. The van der Waals surface area contributed by atoms with E-state index in [9.17, 15) is 13.2 Å². The van der Waals surface area contributed by atoms with E-state index in [1.54, 1.807) is 0 Å². The van der Waals surface area contributed by atoms with Gasteiger partial charge in [-0.25, -0.2) is 15.0 Å². The Balaban J connectivity index is 1.95. The van der Waals surface area contributed by atoms with Gasteiger partial charge in [0.05, 0.1) is 12.8 Å². The smallest absolute Gasteiger partial charge is 0.422 e. The van der Waals surface area contributed by atoms with Crippen molar-refractivity contribution in [3.8, 4) is 23.1 Å². The Morgan fingerprint density at radius 2 is 2.00 bits per heavy atom. The summed E-state index contributed by atoms with van der Waals surface area (Å²) in [5, 5.41) is 0. The third-order valence-electron chi connectivity index (χ3n) is 3.24. The van der Waals surface area contributed by atoms with Gasteiger partial charge in [-0.2, -0.15) is 18.2 Å². The molecule has 2 aromatic rings. The lowest BCUT2D eigenvalue weighted by atomic mass is 10.1. The fourth-order valence-corrected chi connectivity index (χ4v) is 2.11. The molecule has 1 fully saturated rings. The molecule has 3 rings (SSSR count). The van der Waals surface area contributed by atoms with Crippen LogP contribution in [0.1, 0.15) is 24.5 Å². The van der Waals surface area contributed by atoms with E-state index >= 15 is 0 Å². The minimum absolute atomic E-state index is 0.167. The van der Waals surface area contributed by atoms with Gasteiger partial charge in [-0.3, -0.25) is 0 Å². The van der Waals surface area contributed by atoms with Crippen LogP contribution in [0.15, 0.2) is 18.6 Å². The van der Waals surface area contributed by atoms with Crippen molar-refractivity contribution in [1.29, 1.82) is 0 Å². The Morgan fingerprint density at radius 3 is 2.65 bits per heavy atom. The van der Waals surface area contributed by atoms with Crippen molar-refractivity contribution in [3.63, 3.8) is 0 Å². The summed E-state index contributed by atoms with van der Waals surface area (Å²) in [6.45, 7) is -1.42. The van der Waals surface area contributed by atoms with E-state index < -0.39 is 12.8 Å². The molecule has 23 heavy (non-hydrogen) atoms. The van der Waals surface area contributed by atoms with Gasteiger partial charge in [-0.05, 0) is 12.8 Å².